The van der Waals surface area contributed by atoms with Gasteiger partial charge in [-0.05, 0) is 37.4 Å². The molecule has 0 heterocycles. The lowest BCUT2D eigenvalue weighted by molar-refractivity contribution is 0.210. The lowest BCUT2D eigenvalue weighted by Crippen LogP contribution is -2.30. The zero-order valence-electron chi connectivity index (χ0n) is 11.5. The summed E-state index contributed by atoms with van der Waals surface area (Å²) in [5.74, 6) is 1.71. The molecule has 1 fully saturated rings. The first-order valence-corrected chi connectivity index (χ1v) is 7.35. The van der Waals surface area contributed by atoms with E-state index in [0.29, 0.717) is 11.6 Å². The molecule has 1 aromatic rings. The second-order valence-corrected chi connectivity index (χ2v) is 5.49. The van der Waals surface area contributed by atoms with Crippen molar-refractivity contribution in [3.05, 3.63) is 29.8 Å². The van der Waals surface area contributed by atoms with Crippen LogP contribution in [0, 0.1) is 5.92 Å². The molecule has 0 spiro atoms. The minimum atomic E-state index is 0.390. The van der Waals surface area contributed by atoms with Crippen LogP contribution < -0.4 is 10.5 Å². The molecule has 0 atom stereocenters. The number of ether oxygens (including phenoxy) is 1. The largest absolute Gasteiger partial charge is 0.492 e. The van der Waals surface area contributed by atoms with Crippen molar-refractivity contribution in [3.63, 3.8) is 0 Å². The summed E-state index contributed by atoms with van der Waals surface area (Å²) in [6, 6.07) is 7.69. The Morgan fingerprint density at radius 1 is 1.42 bits per heavy atom. The number of benzene rings is 1. The number of thiocarbonyl (C=S) groups is 1. The second-order valence-electron chi connectivity index (χ2n) is 5.05. The highest BCUT2D eigenvalue weighted by atomic mass is 32.1. The normalized spacial score (nSPS) is 14.6. The van der Waals surface area contributed by atoms with Crippen LogP contribution in [-0.2, 0) is 0 Å². The molecule has 0 aromatic heterocycles. The lowest BCUT2D eigenvalue weighted by atomic mass is 10.2. The minimum Gasteiger partial charge on any atom is -0.492 e. The van der Waals surface area contributed by atoms with E-state index in [9.17, 15) is 0 Å². The summed E-state index contributed by atoms with van der Waals surface area (Å²) >= 11 is 5.03. The maximum absolute atomic E-state index is 5.82. The summed E-state index contributed by atoms with van der Waals surface area (Å²) < 4.78 is 5.82. The van der Waals surface area contributed by atoms with Crippen molar-refractivity contribution < 1.29 is 4.74 Å². The van der Waals surface area contributed by atoms with Crippen LogP contribution in [0.3, 0.4) is 0 Å². The third-order valence-electron chi connectivity index (χ3n) is 3.48. The number of nitrogens with two attached hydrogens (primary N) is 1. The van der Waals surface area contributed by atoms with Gasteiger partial charge >= 0.3 is 0 Å². The quantitative estimate of drug-likeness (QED) is 0.741. The Hall–Kier alpha value is -1.13. The standard InChI is InChI=1S/C15H22N2OS/c1-2-17(11-12-7-8-12)9-10-18-14-6-4-3-5-13(14)15(16)19/h3-6,12H,2,7-11H2,1H3,(H2,16,19). The van der Waals surface area contributed by atoms with Gasteiger partial charge in [-0.1, -0.05) is 31.3 Å². The van der Waals surface area contributed by atoms with E-state index < -0.39 is 0 Å². The van der Waals surface area contributed by atoms with Gasteiger partial charge < -0.3 is 10.5 Å². The van der Waals surface area contributed by atoms with Gasteiger partial charge in [-0.25, -0.2) is 0 Å². The van der Waals surface area contributed by atoms with Gasteiger partial charge in [0.15, 0.2) is 0 Å². The van der Waals surface area contributed by atoms with E-state index >= 15 is 0 Å². The molecular formula is C15H22N2OS. The van der Waals surface area contributed by atoms with E-state index in [2.05, 4.69) is 11.8 Å². The summed E-state index contributed by atoms with van der Waals surface area (Å²) in [6.45, 7) is 6.12. The van der Waals surface area contributed by atoms with E-state index in [-0.39, 0.29) is 0 Å². The predicted molar refractivity (Wildman–Crippen MR) is 82.7 cm³/mol. The molecule has 1 aliphatic carbocycles. The van der Waals surface area contributed by atoms with Crippen molar-refractivity contribution in [2.24, 2.45) is 11.7 Å². The van der Waals surface area contributed by atoms with Crippen molar-refractivity contribution in [2.75, 3.05) is 26.2 Å². The first-order valence-electron chi connectivity index (χ1n) is 6.94. The van der Waals surface area contributed by atoms with Gasteiger partial charge in [0.25, 0.3) is 0 Å². The molecule has 1 aromatic carbocycles. The van der Waals surface area contributed by atoms with Crippen molar-refractivity contribution >= 4 is 17.2 Å². The molecule has 0 radical (unpaired) electrons. The van der Waals surface area contributed by atoms with Crippen LogP contribution in [0.25, 0.3) is 0 Å². The van der Waals surface area contributed by atoms with Crippen LogP contribution in [0.5, 0.6) is 5.75 Å². The molecule has 104 valence electrons. The van der Waals surface area contributed by atoms with E-state index in [0.717, 1.165) is 30.3 Å². The third kappa shape index (κ3) is 4.48. The lowest BCUT2D eigenvalue weighted by Gasteiger charge is -2.20. The molecule has 19 heavy (non-hydrogen) atoms. The van der Waals surface area contributed by atoms with Gasteiger partial charge in [0.2, 0.25) is 0 Å². The summed E-state index contributed by atoms with van der Waals surface area (Å²) in [5, 5.41) is 0. The maximum atomic E-state index is 5.82. The number of hydrogen-bond donors (Lipinski definition) is 1. The maximum Gasteiger partial charge on any atom is 0.129 e. The highest BCUT2D eigenvalue weighted by molar-refractivity contribution is 7.80. The Morgan fingerprint density at radius 2 is 2.16 bits per heavy atom. The van der Waals surface area contributed by atoms with Crippen molar-refractivity contribution in [2.45, 2.75) is 19.8 Å². The zero-order valence-corrected chi connectivity index (χ0v) is 12.3. The summed E-state index contributed by atoms with van der Waals surface area (Å²) in [5.41, 5.74) is 6.51. The number of nitrogens with zero attached hydrogens (tertiary/aromatic N) is 1. The monoisotopic (exact) mass is 278 g/mol. The van der Waals surface area contributed by atoms with Gasteiger partial charge in [0.05, 0.1) is 5.56 Å². The Labute approximate surface area is 120 Å². The van der Waals surface area contributed by atoms with Crippen LogP contribution in [0.2, 0.25) is 0 Å². The summed E-state index contributed by atoms with van der Waals surface area (Å²) in [6.07, 6.45) is 2.78. The molecule has 2 rings (SSSR count). The molecule has 0 amide bonds. The van der Waals surface area contributed by atoms with Crippen molar-refractivity contribution in [1.82, 2.24) is 4.90 Å². The molecule has 0 bridgehead atoms. The Kier molecular flexibility index (Phi) is 5.16. The van der Waals surface area contributed by atoms with E-state index in [1.807, 2.05) is 24.3 Å². The molecule has 0 unspecified atom stereocenters. The fourth-order valence-corrected chi connectivity index (χ4v) is 2.29. The highest BCUT2D eigenvalue weighted by Gasteiger charge is 2.23. The highest BCUT2D eigenvalue weighted by Crippen LogP contribution is 2.29. The predicted octanol–water partition coefficient (Wildman–Crippen LogP) is 2.43. The summed E-state index contributed by atoms with van der Waals surface area (Å²) in [4.78, 5) is 2.84. The third-order valence-corrected chi connectivity index (χ3v) is 3.70. The van der Waals surface area contributed by atoms with Crippen molar-refractivity contribution in [1.29, 1.82) is 0 Å². The van der Waals surface area contributed by atoms with Crippen LogP contribution in [0.1, 0.15) is 25.3 Å². The van der Waals surface area contributed by atoms with Gasteiger partial charge in [-0.15, -0.1) is 0 Å². The van der Waals surface area contributed by atoms with E-state index in [1.54, 1.807) is 0 Å². The molecular weight excluding hydrogens is 256 g/mol. The fraction of sp³-hybridized carbons (Fsp3) is 0.533. The van der Waals surface area contributed by atoms with Gasteiger partial charge in [0, 0.05) is 13.1 Å². The molecule has 0 aliphatic heterocycles. The number of rotatable bonds is 8. The minimum absolute atomic E-state index is 0.390. The molecule has 3 nitrogen and oxygen atoms in total. The Morgan fingerprint density at radius 3 is 2.79 bits per heavy atom. The number of para-hydroxylation sites is 1. The Balaban J connectivity index is 1.82. The smallest absolute Gasteiger partial charge is 0.129 e. The summed E-state index contributed by atoms with van der Waals surface area (Å²) in [7, 11) is 0. The van der Waals surface area contributed by atoms with Crippen molar-refractivity contribution in [3.8, 4) is 5.75 Å². The average molecular weight is 278 g/mol. The number of hydrogen-bond acceptors (Lipinski definition) is 3. The van der Waals surface area contributed by atoms with Crippen LogP contribution >= 0.6 is 12.2 Å². The van der Waals surface area contributed by atoms with E-state index in [4.69, 9.17) is 22.7 Å². The Bertz CT molecular complexity index is 432. The first kappa shape index (κ1) is 14.3. The van der Waals surface area contributed by atoms with Crippen LogP contribution in [0.15, 0.2) is 24.3 Å². The van der Waals surface area contributed by atoms with Gasteiger partial charge in [-0.3, -0.25) is 4.90 Å². The molecule has 4 heteroatoms. The molecule has 1 aliphatic rings. The van der Waals surface area contributed by atoms with Gasteiger partial charge in [-0.2, -0.15) is 0 Å². The first-order chi connectivity index (χ1) is 9.20. The van der Waals surface area contributed by atoms with Crippen LogP contribution in [-0.4, -0.2) is 36.1 Å². The average Bonchev–Trinajstić information content (AvgIpc) is 3.22. The van der Waals surface area contributed by atoms with Crippen LogP contribution in [0.4, 0.5) is 0 Å². The molecule has 2 N–H and O–H groups in total. The van der Waals surface area contributed by atoms with Gasteiger partial charge in [0.1, 0.15) is 17.3 Å². The molecule has 1 saturated carbocycles. The SMILES string of the molecule is CCN(CCOc1ccccc1C(N)=S)CC1CC1. The topological polar surface area (TPSA) is 38.5 Å². The second kappa shape index (κ2) is 6.87. The number of likely N-dealkylation sites (N-methyl/N-ethyl adjacent to an activating group) is 1. The van der Waals surface area contributed by atoms with E-state index in [1.165, 1.54) is 19.4 Å². The molecule has 0 saturated heterocycles. The zero-order chi connectivity index (χ0) is 13.7. The fourth-order valence-electron chi connectivity index (χ4n) is 2.12.